The second-order valence-electron chi connectivity index (χ2n) is 8.38. The van der Waals surface area contributed by atoms with E-state index in [1.54, 1.807) is 0 Å². The highest BCUT2D eigenvalue weighted by atomic mass is 31.2. The first-order chi connectivity index (χ1) is 15.0. The van der Waals surface area contributed by atoms with Gasteiger partial charge < -0.3 is 9.79 Å². The van der Waals surface area contributed by atoms with E-state index in [9.17, 15) is 4.57 Å². The Kier molecular flexibility index (Phi) is 8.83. The monoisotopic (exact) mass is 439 g/mol. The smallest absolute Gasteiger partial charge is 0.324 e. The minimum Gasteiger partial charge on any atom is -0.324 e. The zero-order valence-electron chi connectivity index (χ0n) is 18.5. The Balaban J connectivity index is 1.70. The third-order valence-electron chi connectivity index (χ3n) is 5.83. The van der Waals surface area contributed by atoms with Gasteiger partial charge in [0, 0.05) is 17.7 Å². The van der Waals surface area contributed by atoms with Crippen molar-refractivity contribution in [3.63, 3.8) is 0 Å². The molecule has 2 aromatic carbocycles. The lowest BCUT2D eigenvalue weighted by Gasteiger charge is -2.12. The summed E-state index contributed by atoms with van der Waals surface area (Å²) in [4.78, 5) is 22.6. The van der Waals surface area contributed by atoms with Gasteiger partial charge in [-0.15, -0.1) is 0 Å². The van der Waals surface area contributed by atoms with E-state index in [4.69, 9.17) is 9.79 Å². The second-order valence-corrected chi connectivity index (χ2v) is 10.2. The fourth-order valence-electron chi connectivity index (χ4n) is 4.10. The lowest BCUT2D eigenvalue weighted by molar-refractivity contribution is 0.371. The Morgan fingerprint density at radius 1 is 0.839 bits per heavy atom. The lowest BCUT2D eigenvalue weighted by atomic mass is 9.94. The summed E-state index contributed by atoms with van der Waals surface area (Å²) in [6, 6.07) is 17.4. The van der Waals surface area contributed by atoms with Gasteiger partial charge in [-0.1, -0.05) is 75.1 Å². The Hall–Kier alpha value is -2.00. The molecule has 0 aliphatic rings. The summed E-state index contributed by atoms with van der Waals surface area (Å²) in [6.07, 6.45) is 11.2. The molecule has 2 N–H and O–H groups in total. The second kappa shape index (κ2) is 11.6. The van der Waals surface area contributed by atoms with Crippen LogP contribution in [-0.4, -0.2) is 20.9 Å². The standard InChI is InChI=1S/C26H34NO3P/c1-2-3-4-6-10-21-13-15-22(16-14-21)24-18-17-23(26-25(24)12-9-19-27-26)11-7-5-8-20-31(28,29)30/h9,12-19H,2-8,10-11,20H2,1H3,(H2,28,29,30). The van der Waals surface area contributed by atoms with Gasteiger partial charge in [-0.2, -0.15) is 0 Å². The maximum atomic E-state index is 11.0. The quantitative estimate of drug-likeness (QED) is 0.237. The summed E-state index contributed by atoms with van der Waals surface area (Å²) >= 11 is 0. The van der Waals surface area contributed by atoms with Crippen molar-refractivity contribution in [3.05, 3.63) is 65.9 Å². The maximum absolute atomic E-state index is 11.0. The van der Waals surface area contributed by atoms with Crippen molar-refractivity contribution >= 4 is 18.5 Å². The van der Waals surface area contributed by atoms with Crippen molar-refractivity contribution in [2.24, 2.45) is 0 Å². The van der Waals surface area contributed by atoms with Crippen LogP contribution in [-0.2, 0) is 17.4 Å². The SMILES string of the molecule is CCCCCCc1ccc(-c2ccc(CCCCCP(=O)(O)O)c3ncccc23)cc1. The first-order valence-corrected chi connectivity index (χ1v) is 13.3. The number of hydrogen-bond acceptors (Lipinski definition) is 2. The van der Waals surface area contributed by atoms with Crippen molar-refractivity contribution in [1.29, 1.82) is 0 Å². The summed E-state index contributed by atoms with van der Waals surface area (Å²) in [5, 5.41) is 1.16. The van der Waals surface area contributed by atoms with Gasteiger partial charge in [0.15, 0.2) is 0 Å². The van der Waals surface area contributed by atoms with Crippen molar-refractivity contribution in [1.82, 2.24) is 4.98 Å². The third-order valence-corrected chi connectivity index (χ3v) is 6.73. The molecule has 0 unspecified atom stereocenters. The molecule has 0 aliphatic carbocycles. The summed E-state index contributed by atoms with van der Waals surface area (Å²) < 4.78 is 11.0. The van der Waals surface area contributed by atoms with Gasteiger partial charge in [-0.05, 0) is 60.4 Å². The number of aromatic nitrogens is 1. The maximum Gasteiger partial charge on any atom is 0.325 e. The number of fused-ring (bicyclic) bond motifs is 1. The summed E-state index contributed by atoms with van der Waals surface area (Å²) in [6.45, 7) is 2.24. The van der Waals surface area contributed by atoms with Crippen LogP contribution in [0.5, 0.6) is 0 Å². The van der Waals surface area contributed by atoms with Gasteiger partial charge in [0.2, 0.25) is 0 Å². The van der Waals surface area contributed by atoms with Crippen LogP contribution in [0.1, 0.15) is 63.0 Å². The fourth-order valence-corrected chi connectivity index (χ4v) is 4.74. The van der Waals surface area contributed by atoms with Gasteiger partial charge >= 0.3 is 7.60 Å². The molecule has 166 valence electrons. The summed E-state index contributed by atoms with van der Waals surface area (Å²) in [7, 11) is -3.88. The zero-order chi connectivity index (χ0) is 22.1. The van der Waals surface area contributed by atoms with E-state index in [-0.39, 0.29) is 6.16 Å². The molecule has 3 aromatic rings. The molecule has 0 bridgehead atoms. The van der Waals surface area contributed by atoms with Crippen LogP contribution in [0.2, 0.25) is 0 Å². The molecule has 0 radical (unpaired) electrons. The van der Waals surface area contributed by atoms with E-state index in [0.717, 1.165) is 36.6 Å². The van der Waals surface area contributed by atoms with E-state index >= 15 is 0 Å². The number of pyridine rings is 1. The zero-order valence-corrected chi connectivity index (χ0v) is 19.4. The molecular formula is C26H34NO3P. The Morgan fingerprint density at radius 3 is 2.32 bits per heavy atom. The van der Waals surface area contributed by atoms with E-state index in [1.165, 1.54) is 47.9 Å². The molecule has 31 heavy (non-hydrogen) atoms. The van der Waals surface area contributed by atoms with Crippen molar-refractivity contribution in [3.8, 4) is 11.1 Å². The van der Waals surface area contributed by atoms with E-state index < -0.39 is 7.60 Å². The number of nitrogens with zero attached hydrogens (tertiary/aromatic N) is 1. The van der Waals surface area contributed by atoms with E-state index in [1.807, 2.05) is 12.3 Å². The van der Waals surface area contributed by atoms with Crippen LogP contribution in [0.25, 0.3) is 22.0 Å². The van der Waals surface area contributed by atoms with Gasteiger partial charge in [0.25, 0.3) is 0 Å². The summed E-state index contributed by atoms with van der Waals surface area (Å²) in [5.41, 5.74) is 6.03. The molecule has 4 nitrogen and oxygen atoms in total. The number of rotatable bonds is 12. The van der Waals surface area contributed by atoms with Crippen LogP contribution in [0.3, 0.4) is 0 Å². The number of hydrogen-bond donors (Lipinski definition) is 2. The molecule has 3 rings (SSSR count). The molecule has 0 fully saturated rings. The van der Waals surface area contributed by atoms with E-state index in [0.29, 0.717) is 6.42 Å². The van der Waals surface area contributed by atoms with Crippen molar-refractivity contribution in [2.45, 2.75) is 64.7 Å². The van der Waals surface area contributed by atoms with Crippen molar-refractivity contribution in [2.75, 3.05) is 6.16 Å². The minimum atomic E-state index is -3.88. The highest BCUT2D eigenvalue weighted by Gasteiger charge is 2.12. The lowest BCUT2D eigenvalue weighted by Crippen LogP contribution is -1.94. The highest BCUT2D eigenvalue weighted by Crippen LogP contribution is 2.36. The molecule has 5 heteroatoms. The van der Waals surface area contributed by atoms with Gasteiger partial charge in [-0.3, -0.25) is 9.55 Å². The first kappa shape index (κ1) is 23.7. The molecule has 0 aliphatic heterocycles. The molecule has 0 atom stereocenters. The molecular weight excluding hydrogens is 405 g/mol. The number of benzene rings is 2. The van der Waals surface area contributed by atoms with Crippen LogP contribution < -0.4 is 0 Å². The molecule has 1 aromatic heterocycles. The average Bonchev–Trinajstić information content (AvgIpc) is 2.76. The van der Waals surface area contributed by atoms with Crippen molar-refractivity contribution < 1.29 is 14.4 Å². The first-order valence-electron chi connectivity index (χ1n) is 11.5. The predicted molar refractivity (Wildman–Crippen MR) is 129 cm³/mol. The third kappa shape index (κ3) is 7.28. The van der Waals surface area contributed by atoms with E-state index in [2.05, 4.69) is 54.4 Å². The van der Waals surface area contributed by atoms with Gasteiger partial charge in [0.1, 0.15) is 0 Å². The van der Waals surface area contributed by atoms with Crippen LogP contribution >= 0.6 is 7.60 Å². The molecule has 0 saturated carbocycles. The molecule has 1 heterocycles. The van der Waals surface area contributed by atoms with Gasteiger partial charge in [0.05, 0.1) is 5.52 Å². The molecule has 0 spiro atoms. The van der Waals surface area contributed by atoms with Crippen LogP contribution in [0.15, 0.2) is 54.7 Å². The predicted octanol–water partition coefficient (Wildman–Crippen LogP) is 6.92. The average molecular weight is 440 g/mol. The minimum absolute atomic E-state index is 0.0282. The Morgan fingerprint density at radius 2 is 1.58 bits per heavy atom. The Bertz CT molecular complexity index is 1010. The Labute approximate surface area is 185 Å². The molecule has 0 amide bonds. The van der Waals surface area contributed by atoms with Crippen LogP contribution in [0, 0.1) is 0 Å². The summed E-state index contributed by atoms with van der Waals surface area (Å²) in [5.74, 6) is 0. The number of aryl methyl sites for hydroxylation is 2. The number of unbranched alkanes of at least 4 members (excludes halogenated alkanes) is 5. The largest absolute Gasteiger partial charge is 0.325 e. The van der Waals surface area contributed by atoms with Gasteiger partial charge in [-0.25, -0.2) is 0 Å². The highest BCUT2D eigenvalue weighted by molar-refractivity contribution is 7.51. The topological polar surface area (TPSA) is 70.4 Å². The van der Waals surface area contributed by atoms with Crippen LogP contribution in [0.4, 0.5) is 0 Å². The fraction of sp³-hybridized carbons (Fsp3) is 0.423. The normalized spacial score (nSPS) is 11.8. The molecule has 0 saturated heterocycles.